The fourth-order valence-electron chi connectivity index (χ4n) is 10.6. The van der Waals surface area contributed by atoms with Gasteiger partial charge in [-0.3, -0.25) is 4.79 Å². The van der Waals surface area contributed by atoms with Crippen LogP contribution in [-0.4, -0.2) is 87.5 Å². The molecule has 1 aliphatic heterocycles. The van der Waals surface area contributed by atoms with Crippen LogP contribution in [0, 0.1) is 0 Å². The summed E-state index contributed by atoms with van der Waals surface area (Å²) in [4.78, 5) is 13.1. The highest BCUT2D eigenvalue weighted by Crippen LogP contribution is 2.23. The van der Waals surface area contributed by atoms with Crippen LogP contribution >= 0.6 is 0 Å². The van der Waals surface area contributed by atoms with E-state index in [2.05, 4.69) is 165 Å². The molecule has 1 aliphatic rings. The van der Waals surface area contributed by atoms with Crippen LogP contribution in [0.15, 0.2) is 158 Å². The van der Waals surface area contributed by atoms with Crippen LogP contribution in [0.5, 0.6) is 0 Å². The normalized spacial score (nSPS) is 18.8. The van der Waals surface area contributed by atoms with E-state index in [0.717, 1.165) is 116 Å². The Balaban J connectivity index is 2.21. The number of aliphatic hydroxyl groups is 5. The van der Waals surface area contributed by atoms with Crippen LogP contribution in [0.2, 0.25) is 0 Å². The summed E-state index contributed by atoms with van der Waals surface area (Å²) in [6.07, 6.45) is 99.3. The van der Waals surface area contributed by atoms with Gasteiger partial charge in [-0.25, -0.2) is 0 Å². The molecule has 0 aromatic rings. The van der Waals surface area contributed by atoms with Crippen molar-refractivity contribution in [3.63, 3.8) is 0 Å². The predicted octanol–water partition coefficient (Wildman–Crippen LogP) is 20.7. The number of unbranched alkanes of at least 4 members (excludes halogenated alkanes) is 28. The van der Waals surface area contributed by atoms with Crippen molar-refractivity contribution in [2.45, 2.75) is 333 Å². The fourth-order valence-corrected chi connectivity index (χ4v) is 10.6. The summed E-state index contributed by atoms with van der Waals surface area (Å²) in [5.74, 6) is -0.220. The summed E-state index contributed by atoms with van der Waals surface area (Å²) < 4.78 is 11.3. The first-order valence-electron chi connectivity index (χ1n) is 36.7. The van der Waals surface area contributed by atoms with Crippen molar-refractivity contribution in [2.75, 3.05) is 13.2 Å². The Morgan fingerprint density at radius 1 is 0.389 bits per heavy atom. The van der Waals surface area contributed by atoms with Gasteiger partial charge in [0, 0.05) is 6.42 Å². The van der Waals surface area contributed by atoms with Gasteiger partial charge >= 0.3 is 0 Å². The number of hydrogen-bond acceptors (Lipinski definition) is 8. The molecule has 1 heterocycles. The average molecular weight is 1250 g/mol. The highest BCUT2D eigenvalue weighted by Gasteiger charge is 2.44. The number of ether oxygens (including phenoxy) is 2. The smallest absolute Gasteiger partial charge is 0.220 e. The highest BCUT2D eigenvalue weighted by molar-refractivity contribution is 5.76. The van der Waals surface area contributed by atoms with E-state index < -0.39 is 49.5 Å². The molecule has 1 saturated heterocycles. The molecule has 7 unspecified atom stereocenters. The second kappa shape index (κ2) is 67.7. The molecular weight excluding hydrogens is 1110 g/mol. The Morgan fingerprint density at radius 3 is 1.07 bits per heavy atom. The molecule has 0 bridgehead atoms. The first-order valence-corrected chi connectivity index (χ1v) is 36.7. The van der Waals surface area contributed by atoms with Gasteiger partial charge in [0.25, 0.3) is 0 Å². The van der Waals surface area contributed by atoms with Crippen molar-refractivity contribution in [2.24, 2.45) is 0 Å². The number of carbonyl (C=O) groups is 1. The predicted molar refractivity (Wildman–Crippen MR) is 386 cm³/mol. The van der Waals surface area contributed by atoms with Gasteiger partial charge in [0.05, 0.1) is 25.4 Å². The molecule has 90 heavy (non-hydrogen) atoms. The molecule has 512 valence electrons. The lowest BCUT2D eigenvalue weighted by Gasteiger charge is -2.40. The number of rotatable bonds is 62. The van der Waals surface area contributed by atoms with Crippen LogP contribution in [0.1, 0.15) is 290 Å². The largest absolute Gasteiger partial charge is 0.394 e. The molecule has 0 aromatic carbocycles. The van der Waals surface area contributed by atoms with Crippen LogP contribution in [0.4, 0.5) is 0 Å². The van der Waals surface area contributed by atoms with E-state index in [9.17, 15) is 30.3 Å². The molecule has 0 radical (unpaired) electrons. The minimum absolute atomic E-state index is 0.220. The maximum atomic E-state index is 13.1. The van der Waals surface area contributed by atoms with Gasteiger partial charge < -0.3 is 40.3 Å². The lowest BCUT2D eigenvalue weighted by Crippen LogP contribution is -2.60. The molecule has 9 heteroatoms. The first kappa shape index (κ1) is 83.8. The summed E-state index contributed by atoms with van der Waals surface area (Å²) >= 11 is 0. The number of allylic oxidation sites excluding steroid dienone is 25. The van der Waals surface area contributed by atoms with Crippen molar-refractivity contribution in [3.8, 4) is 0 Å². The molecule has 1 rings (SSSR count). The molecule has 9 nitrogen and oxygen atoms in total. The molecule has 0 spiro atoms. The molecule has 0 saturated carbocycles. The molecular formula is C81H135NO8. The maximum absolute atomic E-state index is 13.1. The Labute approximate surface area is 552 Å². The SMILES string of the molecule is CC/C=C\C/C=C\C/C=C\C/C=C\C/C=C\C/C=C\C/C=C\C/C=C\C/C=C\C/C=C\CCCCCCC(=O)NC(COC1OC(CO)C(O)C(O)C1O)C(O)/C=C/CC/C=C/CC/C=C/CCCCCCCCCCCCCCCCCCCCCCCC. The van der Waals surface area contributed by atoms with E-state index in [0.29, 0.717) is 19.3 Å². The summed E-state index contributed by atoms with van der Waals surface area (Å²) in [5.41, 5.74) is 0. The van der Waals surface area contributed by atoms with Gasteiger partial charge in [0.1, 0.15) is 24.4 Å². The van der Waals surface area contributed by atoms with E-state index in [1.54, 1.807) is 6.08 Å². The van der Waals surface area contributed by atoms with Crippen LogP contribution in [0.3, 0.4) is 0 Å². The van der Waals surface area contributed by atoms with E-state index >= 15 is 0 Å². The van der Waals surface area contributed by atoms with Crippen molar-refractivity contribution in [3.05, 3.63) is 158 Å². The van der Waals surface area contributed by atoms with Gasteiger partial charge in [-0.05, 0) is 122 Å². The average Bonchev–Trinajstić information content (AvgIpc) is 1.28. The molecule has 0 aromatic heterocycles. The number of aliphatic hydroxyl groups excluding tert-OH is 5. The Bertz CT molecular complexity index is 1980. The Kier molecular flexibility index (Phi) is 63.0. The number of amides is 1. The number of carbonyl (C=O) groups excluding carboxylic acids is 1. The van der Waals surface area contributed by atoms with Gasteiger partial charge in [-0.15, -0.1) is 0 Å². The fraction of sp³-hybridized carbons (Fsp3) is 0.667. The third kappa shape index (κ3) is 55.4. The van der Waals surface area contributed by atoms with Gasteiger partial charge in [0.2, 0.25) is 5.91 Å². The summed E-state index contributed by atoms with van der Waals surface area (Å²) in [6, 6.07) is -0.857. The van der Waals surface area contributed by atoms with Crippen LogP contribution in [-0.2, 0) is 14.3 Å². The molecule has 1 fully saturated rings. The minimum Gasteiger partial charge on any atom is -0.394 e. The summed E-state index contributed by atoms with van der Waals surface area (Å²) in [5, 5.41) is 54.7. The summed E-state index contributed by atoms with van der Waals surface area (Å²) in [7, 11) is 0. The highest BCUT2D eigenvalue weighted by atomic mass is 16.7. The van der Waals surface area contributed by atoms with Crippen molar-refractivity contribution in [1.82, 2.24) is 5.32 Å². The second-order valence-corrected chi connectivity index (χ2v) is 24.6. The molecule has 1 amide bonds. The van der Waals surface area contributed by atoms with Crippen molar-refractivity contribution in [1.29, 1.82) is 0 Å². The number of hydrogen-bond donors (Lipinski definition) is 6. The summed E-state index contributed by atoms with van der Waals surface area (Å²) in [6.45, 7) is 3.64. The van der Waals surface area contributed by atoms with Gasteiger partial charge in [0.15, 0.2) is 6.29 Å². The first-order chi connectivity index (χ1) is 44.3. The lowest BCUT2D eigenvalue weighted by atomic mass is 9.99. The topological polar surface area (TPSA) is 149 Å². The molecule has 0 aliphatic carbocycles. The third-order valence-electron chi connectivity index (χ3n) is 16.3. The zero-order valence-electron chi connectivity index (χ0n) is 57.3. The minimum atomic E-state index is -1.59. The lowest BCUT2D eigenvalue weighted by molar-refractivity contribution is -0.302. The van der Waals surface area contributed by atoms with Crippen molar-refractivity contribution >= 4 is 5.91 Å². The number of nitrogens with one attached hydrogen (secondary N) is 1. The molecule has 6 N–H and O–H groups in total. The zero-order chi connectivity index (χ0) is 64.9. The van der Waals surface area contributed by atoms with Gasteiger partial charge in [-0.2, -0.15) is 0 Å². The van der Waals surface area contributed by atoms with Crippen molar-refractivity contribution < 1.29 is 39.8 Å². The molecule has 7 atom stereocenters. The van der Waals surface area contributed by atoms with Gasteiger partial charge in [-0.1, -0.05) is 320 Å². The third-order valence-corrected chi connectivity index (χ3v) is 16.3. The van der Waals surface area contributed by atoms with E-state index in [4.69, 9.17) is 9.47 Å². The Morgan fingerprint density at radius 2 is 0.700 bits per heavy atom. The second-order valence-electron chi connectivity index (χ2n) is 24.6. The van der Waals surface area contributed by atoms with Crippen LogP contribution in [0.25, 0.3) is 0 Å². The standard InChI is InChI=1S/C81H135NO8/c1-3-5-7-9-11-13-15-17-19-21-23-25-27-29-31-33-35-37-38-39-41-43-45-47-49-51-53-55-57-59-61-63-65-67-69-71-77(85)82-74(73-89-81-80(88)79(87)78(86)76(72-83)90-81)75(84)70-68-66-64-62-60-58-56-54-52-50-48-46-44-42-40-36-34-32-30-28-26-24-22-20-18-16-14-12-10-8-6-4-2/h5,7,11,13,17,19,23,25,29,31,35,37,39,41,45,47,51-54,57,59-60,62,68,70,74-76,78-81,83-84,86-88H,3-4,6,8-10,12,14-16,18,20-22,24,26-28,30,32-34,36,38,40,42-44,46,48-50,55-56,58,61,63-67,69,71-73H2,1-2H3,(H,82,85)/b7-5-,13-11-,19-17-,25-23-,31-29-,37-35-,41-39-,47-45-,53-51-,54-52+,59-57-,62-60+,70-68+. The monoisotopic (exact) mass is 1250 g/mol. The maximum Gasteiger partial charge on any atom is 0.220 e. The van der Waals surface area contributed by atoms with E-state index in [-0.39, 0.29) is 12.5 Å². The zero-order valence-corrected chi connectivity index (χ0v) is 57.3. The van der Waals surface area contributed by atoms with E-state index in [1.807, 2.05) is 6.08 Å². The van der Waals surface area contributed by atoms with E-state index in [1.165, 1.54) is 141 Å². The Hall–Kier alpha value is -4.19. The quantitative estimate of drug-likeness (QED) is 0.0261. The van der Waals surface area contributed by atoms with Crippen LogP contribution < -0.4 is 5.32 Å².